The highest BCUT2D eigenvalue weighted by atomic mass is 32.2. The van der Waals surface area contributed by atoms with Crippen molar-refractivity contribution in [2.24, 2.45) is 0 Å². The number of halogens is 2. The Morgan fingerprint density at radius 3 is 2.67 bits per heavy atom. The molecule has 0 spiro atoms. The van der Waals surface area contributed by atoms with Crippen molar-refractivity contribution in [2.45, 2.75) is 44.7 Å². The third-order valence-electron chi connectivity index (χ3n) is 5.75. The molecule has 1 aliphatic heterocycles. The van der Waals surface area contributed by atoms with Crippen LogP contribution in [0.15, 0.2) is 51.6 Å². The molecule has 3 rings (SSSR count). The summed E-state index contributed by atoms with van der Waals surface area (Å²) >= 11 is 1.34. The average Bonchev–Trinajstić information content (AvgIpc) is 3.26. The van der Waals surface area contributed by atoms with Gasteiger partial charge in [-0.15, -0.1) is 11.8 Å². The smallest absolute Gasteiger partial charge is 0.329 e. The predicted molar refractivity (Wildman–Crippen MR) is 126 cm³/mol. The standard InChI is InChI=1S/C25H27F2NO4S/c1-6-9-15(18(26)7-2)12-17-14(3)21(16-10-8-11-20(31-4)22(16)27)23(29)28-19(25(30)32-5)13-33-24(17)28/h6,8-11,19H,7,12-13H2,1-5H3/b9-6-,18-15-. The molecule has 33 heavy (non-hydrogen) atoms. The number of pyridine rings is 1. The molecule has 0 radical (unpaired) electrons. The normalized spacial score (nSPS) is 16.0. The molecule has 2 aromatic rings. The number of aromatic nitrogens is 1. The molecule has 0 bridgehead atoms. The van der Waals surface area contributed by atoms with Gasteiger partial charge in [-0.2, -0.15) is 0 Å². The number of carbonyl (C=O) groups excluding carboxylic acids is 1. The van der Waals surface area contributed by atoms with E-state index in [-0.39, 0.29) is 35.5 Å². The van der Waals surface area contributed by atoms with Crippen LogP contribution in [0.1, 0.15) is 37.4 Å². The highest BCUT2D eigenvalue weighted by Gasteiger charge is 2.35. The number of hydrogen-bond acceptors (Lipinski definition) is 5. The minimum Gasteiger partial charge on any atom is -0.494 e. The van der Waals surface area contributed by atoms with E-state index in [4.69, 9.17) is 9.47 Å². The van der Waals surface area contributed by atoms with E-state index in [1.807, 2.05) is 0 Å². The van der Waals surface area contributed by atoms with Crippen LogP contribution in [-0.4, -0.2) is 30.5 Å². The molecule has 0 aliphatic carbocycles. The Balaban J connectivity index is 2.38. The van der Waals surface area contributed by atoms with Gasteiger partial charge >= 0.3 is 5.97 Å². The first-order chi connectivity index (χ1) is 15.8. The quantitative estimate of drug-likeness (QED) is 0.389. The van der Waals surface area contributed by atoms with Crippen LogP contribution < -0.4 is 10.3 Å². The molecule has 1 aliphatic rings. The maximum Gasteiger partial charge on any atom is 0.329 e. The second kappa shape index (κ2) is 10.4. The van der Waals surface area contributed by atoms with Gasteiger partial charge in [-0.1, -0.05) is 31.2 Å². The number of carbonyl (C=O) groups is 1. The Morgan fingerprint density at radius 2 is 2.06 bits per heavy atom. The zero-order chi connectivity index (χ0) is 24.3. The van der Waals surface area contributed by atoms with Gasteiger partial charge in [-0.3, -0.25) is 9.36 Å². The number of benzene rings is 1. The summed E-state index contributed by atoms with van der Waals surface area (Å²) in [6, 6.07) is 3.72. The topological polar surface area (TPSA) is 57.5 Å². The summed E-state index contributed by atoms with van der Waals surface area (Å²) < 4.78 is 41.3. The number of fused-ring (bicyclic) bond motifs is 1. The van der Waals surface area contributed by atoms with Crippen molar-refractivity contribution >= 4 is 17.7 Å². The molecule has 1 atom stereocenters. The van der Waals surface area contributed by atoms with E-state index >= 15 is 4.39 Å². The molecule has 0 amide bonds. The second-order valence-electron chi connectivity index (χ2n) is 7.59. The molecule has 0 saturated heterocycles. The third kappa shape index (κ3) is 4.49. The van der Waals surface area contributed by atoms with Gasteiger partial charge in [0.1, 0.15) is 11.9 Å². The molecule has 0 fully saturated rings. The van der Waals surface area contributed by atoms with Gasteiger partial charge in [0.25, 0.3) is 5.56 Å². The number of esters is 1. The highest BCUT2D eigenvalue weighted by molar-refractivity contribution is 7.99. The van der Waals surface area contributed by atoms with Crippen molar-refractivity contribution < 1.29 is 23.0 Å². The van der Waals surface area contributed by atoms with Crippen molar-refractivity contribution in [3.63, 3.8) is 0 Å². The predicted octanol–water partition coefficient (Wildman–Crippen LogP) is 5.54. The molecule has 5 nitrogen and oxygen atoms in total. The van der Waals surface area contributed by atoms with Crippen LogP contribution in [0.4, 0.5) is 8.78 Å². The van der Waals surface area contributed by atoms with Gasteiger partial charge in [0.15, 0.2) is 11.6 Å². The fraction of sp³-hybridized carbons (Fsp3) is 0.360. The zero-order valence-electron chi connectivity index (χ0n) is 19.3. The minimum absolute atomic E-state index is 0.00349. The lowest BCUT2D eigenvalue weighted by Crippen LogP contribution is -2.32. The van der Waals surface area contributed by atoms with Crippen molar-refractivity contribution in [2.75, 3.05) is 20.0 Å². The number of hydrogen-bond donors (Lipinski definition) is 0. The second-order valence-corrected chi connectivity index (χ2v) is 8.60. The lowest BCUT2D eigenvalue weighted by Gasteiger charge is -2.20. The van der Waals surface area contributed by atoms with Crippen molar-refractivity contribution in [3.05, 3.63) is 69.0 Å². The lowest BCUT2D eigenvalue weighted by molar-refractivity contribution is -0.143. The summed E-state index contributed by atoms with van der Waals surface area (Å²) in [4.78, 5) is 26.1. The van der Waals surface area contributed by atoms with Crippen molar-refractivity contribution in [1.82, 2.24) is 4.57 Å². The highest BCUT2D eigenvalue weighted by Crippen LogP contribution is 2.41. The SMILES string of the molecule is C/C=C\C(Cc1c(C)c(-c2cccc(OC)c2F)c(=O)n2c1SCC2C(=O)OC)=C(\F)CC. The Morgan fingerprint density at radius 1 is 1.33 bits per heavy atom. The van der Waals surface area contributed by atoms with Crippen LogP contribution in [0.5, 0.6) is 5.75 Å². The zero-order valence-corrected chi connectivity index (χ0v) is 20.1. The maximum absolute atomic E-state index is 15.2. The first kappa shape index (κ1) is 24.8. The van der Waals surface area contributed by atoms with Gasteiger partial charge in [-0.25, -0.2) is 13.6 Å². The summed E-state index contributed by atoms with van der Waals surface area (Å²) in [6.07, 6.45) is 3.87. The van der Waals surface area contributed by atoms with Crippen LogP contribution in [0.2, 0.25) is 0 Å². The van der Waals surface area contributed by atoms with Gasteiger partial charge in [-0.05, 0) is 43.0 Å². The minimum atomic E-state index is -0.848. The van der Waals surface area contributed by atoms with Gasteiger partial charge in [0.05, 0.1) is 24.8 Å². The van der Waals surface area contributed by atoms with Crippen LogP contribution in [-0.2, 0) is 16.0 Å². The van der Waals surface area contributed by atoms with E-state index in [0.717, 1.165) is 0 Å². The first-order valence-corrected chi connectivity index (χ1v) is 11.6. The molecular formula is C25H27F2NO4S. The number of thioether (sulfide) groups is 1. The van der Waals surface area contributed by atoms with E-state index < -0.39 is 23.4 Å². The monoisotopic (exact) mass is 475 g/mol. The number of ether oxygens (including phenoxy) is 2. The van der Waals surface area contributed by atoms with E-state index in [1.165, 1.54) is 42.7 Å². The number of rotatable bonds is 7. The van der Waals surface area contributed by atoms with Crippen molar-refractivity contribution in [3.8, 4) is 16.9 Å². The number of methoxy groups -OCH3 is 2. The van der Waals surface area contributed by atoms with Crippen LogP contribution in [0, 0.1) is 12.7 Å². The fourth-order valence-electron chi connectivity index (χ4n) is 4.06. The largest absolute Gasteiger partial charge is 0.494 e. The Bertz CT molecular complexity index is 1200. The fourth-order valence-corrected chi connectivity index (χ4v) is 5.41. The van der Waals surface area contributed by atoms with Crippen LogP contribution >= 0.6 is 11.8 Å². The first-order valence-electron chi connectivity index (χ1n) is 10.6. The third-order valence-corrected chi connectivity index (χ3v) is 6.95. The Labute approximate surface area is 196 Å². The van der Waals surface area contributed by atoms with Gasteiger partial charge in [0.2, 0.25) is 0 Å². The molecular weight excluding hydrogens is 448 g/mol. The molecule has 0 saturated carbocycles. The van der Waals surface area contributed by atoms with Crippen LogP contribution in [0.25, 0.3) is 11.1 Å². The van der Waals surface area contributed by atoms with Gasteiger partial charge < -0.3 is 9.47 Å². The van der Waals surface area contributed by atoms with E-state index in [0.29, 0.717) is 27.5 Å². The van der Waals surface area contributed by atoms with E-state index in [1.54, 1.807) is 39.0 Å². The molecule has 8 heteroatoms. The number of nitrogens with zero attached hydrogens (tertiary/aromatic N) is 1. The van der Waals surface area contributed by atoms with Crippen molar-refractivity contribution in [1.29, 1.82) is 0 Å². The van der Waals surface area contributed by atoms with Gasteiger partial charge in [0, 0.05) is 17.7 Å². The summed E-state index contributed by atoms with van der Waals surface area (Å²) in [5.41, 5.74) is 1.40. The molecule has 1 aromatic carbocycles. The molecule has 2 heterocycles. The Hall–Kier alpha value is -2.87. The summed E-state index contributed by atoms with van der Waals surface area (Å²) in [6.45, 7) is 5.26. The molecule has 1 aromatic heterocycles. The average molecular weight is 476 g/mol. The molecule has 0 N–H and O–H groups in total. The van der Waals surface area contributed by atoms with E-state index in [9.17, 15) is 14.0 Å². The maximum atomic E-state index is 15.2. The summed E-state index contributed by atoms with van der Waals surface area (Å²) in [5, 5.41) is 0.575. The van der Waals surface area contributed by atoms with Crippen LogP contribution in [0.3, 0.4) is 0 Å². The Kier molecular flexibility index (Phi) is 7.79. The molecule has 1 unspecified atom stereocenters. The summed E-state index contributed by atoms with van der Waals surface area (Å²) in [5.74, 6) is -1.19. The number of allylic oxidation sites excluding steroid dienone is 4. The molecule has 176 valence electrons. The van der Waals surface area contributed by atoms with E-state index in [2.05, 4.69) is 0 Å². The summed E-state index contributed by atoms with van der Waals surface area (Å²) in [7, 11) is 2.61. The lowest BCUT2D eigenvalue weighted by atomic mass is 9.93.